The molecule has 8 nitrogen and oxygen atoms in total. The highest BCUT2D eigenvalue weighted by atomic mass is 16.6. The quantitative estimate of drug-likeness (QED) is 0.553. The zero-order valence-electron chi connectivity index (χ0n) is 14.7. The van der Waals surface area contributed by atoms with Crippen molar-refractivity contribution in [3.05, 3.63) is 0 Å². The summed E-state index contributed by atoms with van der Waals surface area (Å²) in [5.74, 6) is -1.89. The molecule has 2 amide bonds. The van der Waals surface area contributed by atoms with Crippen LogP contribution in [0.5, 0.6) is 0 Å². The number of nitrogens with one attached hydrogen (secondary N) is 2. The van der Waals surface area contributed by atoms with Crippen LogP contribution < -0.4 is 10.6 Å². The third-order valence-electron chi connectivity index (χ3n) is 2.30. The van der Waals surface area contributed by atoms with E-state index >= 15 is 0 Å². The van der Waals surface area contributed by atoms with E-state index in [1.54, 1.807) is 20.8 Å². The molecule has 0 bridgehead atoms. The molecule has 134 valence electrons. The number of aliphatic hydroxyl groups excluding tert-OH is 1. The summed E-state index contributed by atoms with van der Waals surface area (Å²) in [4.78, 5) is 34.9. The van der Waals surface area contributed by atoms with Gasteiger partial charge in [0.05, 0.1) is 18.8 Å². The van der Waals surface area contributed by atoms with Crippen LogP contribution in [0, 0.1) is 0 Å². The maximum Gasteiger partial charge on any atom is 0.331 e. The second-order valence-corrected chi connectivity index (χ2v) is 7.01. The van der Waals surface area contributed by atoms with Gasteiger partial charge in [-0.15, -0.1) is 0 Å². The number of ether oxygens (including phenoxy) is 2. The van der Waals surface area contributed by atoms with Crippen LogP contribution in [0.15, 0.2) is 0 Å². The van der Waals surface area contributed by atoms with E-state index in [1.807, 2.05) is 20.8 Å². The largest absolute Gasteiger partial charge is 0.458 e. The molecule has 0 aromatic heterocycles. The number of carbonyl (C=O) groups excluding carboxylic acids is 3. The number of hydrogen-bond donors (Lipinski definition) is 3. The fraction of sp³-hybridized carbons (Fsp3) is 0.800. The first kappa shape index (κ1) is 21.3. The summed E-state index contributed by atoms with van der Waals surface area (Å²) in [6.07, 6.45) is 0. The lowest BCUT2D eigenvalue weighted by molar-refractivity contribution is -0.161. The third kappa shape index (κ3) is 11.5. The minimum Gasteiger partial charge on any atom is -0.458 e. The van der Waals surface area contributed by atoms with Gasteiger partial charge in [-0.3, -0.25) is 9.59 Å². The topological polar surface area (TPSA) is 114 Å². The standard InChI is InChI=1S/C15H28N2O6/c1-14(2,3)22-9-10(13(21)23-15(4,5)6)17-11(19)7-16-12(20)8-18/h10,18H,7-9H2,1-6H3,(H,16,20)(H,17,19)/t10-/m1/s1. The summed E-state index contributed by atoms with van der Waals surface area (Å²) < 4.78 is 10.8. The highest BCUT2D eigenvalue weighted by Crippen LogP contribution is 2.11. The Morgan fingerprint density at radius 3 is 2.00 bits per heavy atom. The summed E-state index contributed by atoms with van der Waals surface area (Å²) in [5, 5.41) is 13.2. The van der Waals surface area contributed by atoms with Gasteiger partial charge in [-0.25, -0.2) is 4.79 Å². The highest BCUT2D eigenvalue weighted by Gasteiger charge is 2.28. The van der Waals surface area contributed by atoms with Gasteiger partial charge >= 0.3 is 5.97 Å². The van der Waals surface area contributed by atoms with Crippen LogP contribution in [0.2, 0.25) is 0 Å². The smallest absolute Gasteiger partial charge is 0.331 e. The van der Waals surface area contributed by atoms with E-state index in [4.69, 9.17) is 14.6 Å². The number of aliphatic hydroxyl groups is 1. The van der Waals surface area contributed by atoms with Crippen molar-refractivity contribution in [2.75, 3.05) is 19.8 Å². The Labute approximate surface area is 136 Å². The monoisotopic (exact) mass is 332 g/mol. The molecule has 0 aliphatic rings. The van der Waals surface area contributed by atoms with Crippen LogP contribution in [0.3, 0.4) is 0 Å². The first-order chi connectivity index (χ1) is 10.3. The number of carbonyl (C=O) groups is 3. The molecule has 8 heteroatoms. The average molecular weight is 332 g/mol. The summed E-state index contributed by atoms with van der Waals surface area (Å²) in [6.45, 7) is 9.50. The molecule has 1 atom stereocenters. The molecular weight excluding hydrogens is 304 g/mol. The lowest BCUT2D eigenvalue weighted by Crippen LogP contribution is -2.50. The summed E-state index contributed by atoms with van der Waals surface area (Å²) in [5.41, 5.74) is -1.19. The van der Waals surface area contributed by atoms with Crippen molar-refractivity contribution in [1.82, 2.24) is 10.6 Å². The van der Waals surface area contributed by atoms with Crippen LogP contribution in [-0.4, -0.2) is 59.9 Å². The molecule has 0 aliphatic carbocycles. The summed E-state index contributed by atoms with van der Waals surface area (Å²) >= 11 is 0. The number of rotatable bonds is 7. The Hall–Kier alpha value is -1.67. The van der Waals surface area contributed by atoms with Gasteiger partial charge in [0.1, 0.15) is 12.2 Å². The molecular formula is C15H28N2O6. The second-order valence-electron chi connectivity index (χ2n) is 7.01. The lowest BCUT2D eigenvalue weighted by atomic mass is 10.1. The fourth-order valence-electron chi connectivity index (χ4n) is 1.35. The van der Waals surface area contributed by atoms with Gasteiger partial charge in [-0.2, -0.15) is 0 Å². The van der Waals surface area contributed by atoms with E-state index in [-0.39, 0.29) is 13.2 Å². The zero-order chi connectivity index (χ0) is 18.3. The average Bonchev–Trinajstić information content (AvgIpc) is 2.37. The van der Waals surface area contributed by atoms with Gasteiger partial charge in [0, 0.05) is 0 Å². The number of hydrogen-bond acceptors (Lipinski definition) is 6. The van der Waals surface area contributed by atoms with E-state index < -0.39 is 41.6 Å². The van der Waals surface area contributed by atoms with E-state index in [9.17, 15) is 14.4 Å². The van der Waals surface area contributed by atoms with Crippen molar-refractivity contribution >= 4 is 17.8 Å². The van der Waals surface area contributed by atoms with Crippen molar-refractivity contribution in [2.45, 2.75) is 58.8 Å². The van der Waals surface area contributed by atoms with E-state index in [0.29, 0.717) is 0 Å². The Balaban J connectivity index is 4.74. The van der Waals surface area contributed by atoms with Crippen molar-refractivity contribution < 1.29 is 29.0 Å². The minimum absolute atomic E-state index is 0.0574. The van der Waals surface area contributed by atoms with Gasteiger partial charge in [0.2, 0.25) is 11.8 Å². The van der Waals surface area contributed by atoms with Gasteiger partial charge in [-0.1, -0.05) is 0 Å². The first-order valence-electron chi connectivity index (χ1n) is 7.38. The van der Waals surface area contributed by atoms with E-state index in [1.165, 1.54) is 0 Å². The predicted octanol–water partition coefficient (Wildman–Crippen LogP) is -0.263. The Morgan fingerprint density at radius 2 is 1.57 bits per heavy atom. The molecule has 0 aromatic rings. The van der Waals surface area contributed by atoms with Crippen molar-refractivity contribution in [1.29, 1.82) is 0 Å². The molecule has 3 N–H and O–H groups in total. The van der Waals surface area contributed by atoms with Crippen molar-refractivity contribution in [3.8, 4) is 0 Å². The van der Waals surface area contributed by atoms with Gasteiger partial charge < -0.3 is 25.2 Å². The lowest BCUT2D eigenvalue weighted by Gasteiger charge is -2.27. The van der Waals surface area contributed by atoms with Crippen LogP contribution in [-0.2, 0) is 23.9 Å². The maximum atomic E-state index is 12.2. The molecule has 23 heavy (non-hydrogen) atoms. The predicted molar refractivity (Wildman–Crippen MR) is 83.6 cm³/mol. The van der Waals surface area contributed by atoms with E-state index in [0.717, 1.165) is 0 Å². The number of esters is 1. The molecule has 0 heterocycles. The molecule has 0 radical (unpaired) electrons. The Bertz CT molecular complexity index is 423. The molecule has 0 saturated heterocycles. The zero-order valence-corrected chi connectivity index (χ0v) is 14.7. The van der Waals surface area contributed by atoms with Gasteiger partial charge in [0.15, 0.2) is 6.04 Å². The molecule has 0 spiro atoms. The van der Waals surface area contributed by atoms with Crippen LogP contribution in [0.25, 0.3) is 0 Å². The molecule has 0 unspecified atom stereocenters. The van der Waals surface area contributed by atoms with Crippen molar-refractivity contribution in [3.63, 3.8) is 0 Å². The normalized spacial score (nSPS) is 13.2. The van der Waals surface area contributed by atoms with Gasteiger partial charge in [0.25, 0.3) is 0 Å². The van der Waals surface area contributed by atoms with Crippen LogP contribution in [0.4, 0.5) is 0 Å². The first-order valence-corrected chi connectivity index (χ1v) is 7.38. The Kier molecular flexibility index (Phi) is 8.19. The van der Waals surface area contributed by atoms with Crippen molar-refractivity contribution in [2.24, 2.45) is 0 Å². The van der Waals surface area contributed by atoms with Gasteiger partial charge in [-0.05, 0) is 41.5 Å². The molecule has 0 aromatic carbocycles. The van der Waals surface area contributed by atoms with Crippen LogP contribution >= 0.6 is 0 Å². The molecule has 0 rings (SSSR count). The molecule has 0 fully saturated rings. The SMILES string of the molecule is CC(C)(C)OC[C@@H](NC(=O)CNC(=O)CO)C(=O)OC(C)(C)C. The highest BCUT2D eigenvalue weighted by molar-refractivity contribution is 5.88. The number of amides is 2. The molecule has 0 aliphatic heterocycles. The fourth-order valence-corrected chi connectivity index (χ4v) is 1.35. The third-order valence-corrected chi connectivity index (χ3v) is 2.30. The van der Waals surface area contributed by atoms with Crippen LogP contribution in [0.1, 0.15) is 41.5 Å². The maximum absolute atomic E-state index is 12.2. The van der Waals surface area contributed by atoms with E-state index in [2.05, 4.69) is 10.6 Å². The second kappa shape index (κ2) is 8.83. The summed E-state index contributed by atoms with van der Waals surface area (Å²) in [6, 6.07) is -0.994. The summed E-state index contributed by atoms with van der Waals surface area (Å²) in [7, 11) is 0. The molecule has 0 saturated carbocycles. The Morgan fingerprint density at radius 1 is 1.00 bits per heavy atom. The minimum atomic E-state index is -0.994.